The van der Waals surface area contributed by atoms with Crippen LogP contribution in [-0.4, -0.2) is 29.7 Å². The summed E-state index contributed by atoms with van der Waals surface area (Å²) in [4.78, 5) is 29.3. The molecule has 0 aliphatic heterocycles. The lowest BCUT2D eigenvalue weighted by atomic mass is 10.0. The van der Waals surface area contributed by atoms with Gasteiger partial charge in [-0.05, 0) is 83.6 Å². The summed E-state index contributed by atoms with van der Waals surface area (Å²) < 4.78 is 12.2. The lowest BCUT2D eigenvalue weighted by Gasteiger charge is -2.12. The van der Waals surface area contributed by atoms with Crippen LogP contribution in [0.4, 0.5) is 0 Å². The van der Waals surface area contributed by atoms with Crippen molar-refractivity contribution in [2.45, 2.75) is 6.92 Å². The van der Waals surface area contributed by atoms with Gasteiger partial charge in [-0.3, -0.25) is 4.79 Å². The van der Waals surface area contributed by atoms with E-state index in [-0.39, 0.29) is 16.3 Å². The Morgan fingerprint density at radius 3 is 2.52 bits per heavy atom. The Balaban J connectivity index is 1.38. The molecule has 11 heteroatoms. The van der Waals surface area contributed by atoms with Gasteiger partial charge in [-0.1, -0.05) is 65.1 Å². The van der Waals surface area contributed by atoms with Crippen molar-refractivity contribution in [3.8, 4) is 22.6 Å². The average Bonchev–Trinajstić information content (AvgIpc) is 3.35. The van der Waals surface area contributed by atoms with Crippen LogP contribution in [0.1, 0.15) is 33.3 Å². The zero-order valence-electron chi connectivity index (χ0n) is 21.9. The number of fused-ring (bicyclic) bond motifs is 1. The molecule has 0 saturated heterocycles. The number of hydrazone groups is 1. The average molecular weight is 733 g/mol. The van der Waals surface area contributed by atoms with E-state index in [0.29, 0.717) is 39.2 Å². The summed E-state index contributed by atoms with van der Waals surface area (Å²) in [6.07, 6.45) is 1.46. The van der Waals surface area contributed by atoms with Gasteiger partial charge >= 0.3 is 5.97 Å². The van der Waals surface area contributed by atoms with Crippen LogP contribution < -0.4 is 14.9 Å². The summed E-state index contributed by atoms with van der Waals surface area (Å²) in [6.45, 7) is 2.13. The molecule has 0 unspecified atom stereocenters. The fraction of sp³-hybridized carbons (Fsp3) is 0.0645. The van der Waals surface area contributed by atoms with Gasteiger partial charge in [0.25, 0.3) is 5.91 Å². The second-order valence-corrected chi connectivity index (χ2v) is 11.3. The van der Waals surface area contributed by atoms with Gasteiger partial charge in [-0.15, -0.1) is 0 Å². The Hall–Kier alpha value is -3.57. The molecule has 0 atom stereocenters. The molecule has 4 aromatic carbocycles. The first-order chi connectivity index (χ1) is 20.3. The maximum Gasteiger partial charge on any atom is 0.345 e. The predicted molar refractivity (Wildman–Crippen MR) is 176 cm³/mol. The second kappa shape index (κ2) is 13.2. The molecule has 1 amide bonds. The number of aromatic nitrogens is 1. The number of hydrogen-bond donors (Lipinski definition) is 2. The molecular weight excluding hydrogens is 712 g/mol. The third-order valence-corrected chi connectivity index (χ3v) is 7.93. The lowest BCUT2D eigenvalue weighted by Crippen LogP contribution is -2.19. The molecule has 1 heterocycles. The molecule has 0 bridgehead atoms. The van der Waals surface area contributed by atoms with Gasteiger partial charge in [0.2, 0.25) is 0 Å². The van der Waals surface area contributed by atoms with E-state index in [4.69, 9.17) is 44.3 Å². The largest absolute Gasteiger partial charge is 0.490 e. The van der Waals surface area contributed by atoms with Crippen molar-refractivity contribution in [3.63, 3.8) is 0 Å². The highest BCUT2D eigenvalue weighted by molar-refractivity contribution is 14.1. The number of carbonyl (C=O) groups is 2. The number of H-pyrrole nitrogens is 1. The molecule has 7 nitrogen and oxygen atoms in total. The molecule has 0 aliphatic carbocycles. The van der Waals surface area contributed by atoms with E-state index in [0.717, 1.165) is 20.0 Å². The smallest absolute Gasteiger partial charge is 0.345 e. The Labute approximate surface area is 269 Å². The topological polar surface area (TPSA) is 92.8 Å². The molecule has 5 rings (SSSR count). The quantitative estimate of drug-likeness (QED) is 0.0549. The number of carbonyl (C=O) groups excluding carboxylic acids is 2. The molecule has 0 saturated carbocycles. The van der Waals surface area contributed by atoms with E-state index < -0.39 is 11.9 Å². The molecule has 0 spiro atoms. The van der Waals surface area contributed by atoms with Crippen LogP contribution in [0.15, 0.2) is 84.0 Å². The van der Waals surface area contributed by atoms with Crippen molar-refractivity contribution in [1.82, 2.24) is 10.4 Å². The fourth-order valence-electron chi connectivity index (χ4n) is 4.28. The maximum atomic E-state index is 13.3. The summed E-state index contributed by atoms with van der Waals surface area (Å²) in [5, 5.41) is 6.13. The molecule has 0 fully saturated rings. The number of halogens is 4. The summed E-state index contributed by atoms with van der Waals surface area (Å²) in [7, 11) is 0. The molecule has 0 radical (unpaired) electrons. The summed E-state index contributed by atoms with van der Waals surface area (Å²) >= 11 is 20.8. The van der Waals surface area contributed by atoms with Crippen molar-refractivity contribution >= 4 is 86.4 Å². The number of nitrogens with zero attached hydrogens (tertiary/aromatic N) is 1. The molecule has 1 aromatic heterocycles. The van der Waals surface area contributed by atoms with Crippen LogP contribution in [0.3, 0.4) is 0 Å². The number of amides is 1. The van der Waals surface area contributed by atoms with E-state index in [1.54, 1.807) is 37.3 Å². The van der Waals surface area contributed by atoms with Crippen LogP contribution >= 0.6 is 57.4 Å². The third kappa shape index (κ3) is 6.42. The summed E-state index contributed by atoms with van der Waals surface area (Å²) in [5.74, 6) is -0.583. The van der Waals surface area contributed by atoms with Crippen molar-refractivity contribution in [2.75, 3.05) is 6.61 Å². The Morgan fingerprint density at radius 1 is 0.952 bits per heavy atom. The van der Waals surface area contributed by atoms with E-state index in [2.05, 4.69) is 38.1 Å². The highest BCUT2D eigenvalue weighted by atomic mass is 127. The van der Waals surface area contributed by atoms with Crippen molar-refractivity contribution in [3.05, 3.63) is 114 Å². The number of esters is 1. The number of aromatic amines is 1. The SMILES string of the molecule is CCOc1cc(C=NNC(=O)c2[nH]c3c(I)cccc3c2-c2ccccc2Cl)ccc1OC(=O)c1ccc(Cl)cc1Cl. The second-order valence-electron chi connectivity index (χ2n) is 8.87. The molecule has 2 N–H and O–H groups in total. The number of rotatable bonds is 8. The van der Waals surface area contributed by atoms with Gasteiger partial charge < -0.3 is 14.5 Å². The van der Waals surface area contributed by atoms with Crippen LogP contribution in [-0.2, 0) is 0 Å². The number of ether oxygens (including phenoxy) is 2. The maximum absolute atomic E-state index is 13.3. The van der Waals surface area contributed by atoms with E-state index in [1.807, 2.05) is 36.4 Å². The van der Waals surface area contributed by atoms with Crippen LogP contribution in [0.5, 0.6) is 11.5 Å². The zero-order valence-corrected chi connectivity index (χ0v) is 26.3. The monoisotopic (exact) mass is 731 g/mol. The van der Waals surface area contributed by atoms with Crippen LogP contribution in [0, 0.1) is 3.57 Å². The van der Waals surface area contributed by atoms with Gasteiger partial charge in [0.1, 0.15) is 5.69 Å². The predicted octanol–water partition coefficient (Wildman–Crippen LogP) is 8.78. The molecule has 212 valence electrons. The minimum Gasteiger partial charge on any atom is -0.490 e. The van der Waals surface area contributed by atoms with E-state index in [9.17, 15) is 9.59 Å². The number of para-hydroxylation sites is 1. The van der Waals surface area contributed by atoms with E-state index in [1.165, 1.54) is 18.3 Å². The normalized spacial score (nSPS) is 11.2. The highest BCUT2D eigenvalue weighted by Crippen LogP contribution is 2.38. The van der Waals surface area contributed by atoms with Crippen molar-refractivity contribution in [2.24, 2.45) is 5.10 Å². The Kier molecular flexibility index (Phi) is 9.37. The first kappa shape index (κ1) is 29.9. The molecule has 0 aliphatic rings. The minimum absolute atomic E-state index is 0.166. The van der Waals surface area contributed by atoms with Gasteiger partial charge in [0.05, 0.1) is 28.9 Å². The molecule has 5 aromatic rings. The Bertz CT molecular complexity index is 1860. The highest BCUT2D eigenvalue weighted by Gasteiger charge is 2.22. The van der Waals surface area contributed by atoms with E-state index >= 15 is 0 Å². The van der Waals surface area contributed by atoms with Crippen LogP contribution in [0.25, 0.3) is 22.0 Å². The van der Waals surface area contributed by atoms with Crippen molar-refractivity contribution < 1.29 is 19.1 Å². The molecular formula is C31H21Cl3IN3O4. The lowest BCUT2D eigenvalue weighted by molar-refractivity contribution is 0.0728. The number of hydrogen-bond acceptors (Lipinski definition) is 5. The van der Waals surface area contributed by atoms with Gasteiger partial charge in [-0.2, -0.15) is 5.10 Å². The number of nitrogens with one attached hydrogen (secondary N) is 2. The first-order valence-electron chi connectivity index (χ1n) is 12.6. The number of benzene rings is 4. The van der Waals surface area contributed by atoms with Gasteiger partial charge in [0.15, 0.2) is 11.5 Å². The fourth-order valence-corrected chi connectivity index (χ4v) is 5.63. The third-order valence-electron chi connectivity index (χ3n) is 6.15. The summed E-state index contributed by atoms with van der Waals surface area (Å²) in [6, 6.07) is 22.6. The van der Waals surface area contributed by atoms with Crippen LogP contribution in [0.2, 0.25) is 15.1 Å². The first-order valence-corrected chi connectivity index (χ1v) is 14.8. The minimum atomic E-state index is -0.659. The molecule has 42 heavy (non-hydrogen) atoms. The summed E-state index contributed by atoms with van der Waals surface area (Å²) in [5.41, 5.74) is 5.93. The standard InChI is InChI=1S/C31H21Cl3IN3O4/c1-2-41-26-14-17(10-13-25(26)42-31(40)20-12-11-18(32)15-23(20)34)16-36-38-30(39)29-27(19-6-3-4-8-22(19)33)21-7-5-9-24(35)28(21)37-29/h3-16,37H,2H2,1H3,(H,38,39). The van der Waals surface area contributed by atoms with Gasteiger partial charge in [0, 0.05) is 30.1 Å². The zero-order chi connectivity index (χ0) is 29.8. The van der Waals surface area contributed by atoms with Gasteiger partial charge in [-0.25, -0.2) is 10.2 Å². The Morgan fingerprint density at radius 2 is 1.76 bits per heavy atom. The van der Waals surface area contributed by atoms with Crippen molar-refractivity contribution in [1.29, 1.82) is 0 Å².